The van der Waals surface area contributed by atoms with Crippen molar-refractivity contribution in [1.29, 1.82) is 0 Å². The molecule has 0 aliphatic rings. The Hall–Kier alpha value is -3.34. The first-order valence-electron chi connectivity index (χ1n) is 6.83. The fourth-order valence-electron chi connectivity index (χ4n) is 1.89. The second kappa shape index (κ2) is 6.83. The fraction of sp³-hybridized carbons (Fsp3) is 0.154. The van der Waals surface area contributed by atoms with E-state index in [0.29, 0.717) is 17.1 Å². The van der Waals surface area contributed by atoms with Crippen molar-refractivity contribution in [2.75, 3.05) is 24.3 Å². The molecule has 0 spiro atoms. The number of benzene rings is 1. The van der Waals surface area contributed by atoms with Gasteiger partial charge in [0.25, 0.3) is 0 Å². The molecule has 4 N–H and O–H groups in total. The van der Waals surface area contributed by atoms with Crippen LogP contribution in [0.2, 0.25) is 0 Å². The van der Waals surface area contributed by atoms with Gasteiger partial charge in [0.1, 0.15) is 24.4 Å². The van der Waals surface area contributed by atoms with Crippen LogP contribution < -0.4 is 15.8 Å². The standard InChI is InChI=1S/C13H13FN8O2/c14-9-6-16-13(19-12(9)15)18-8-1-2-11(24-4-3-23)10(5-8)22-7-17-20-21-22/h1-2,5-7,23H,3-4H2,(H3,15,16,18,19). The molecular formula is C13H13FN8O2. The minimum Gasteiger partial charge on any atom is -0.489 e. The molecule has 124 valence electrons. The number of aliphatic hydroxyl groups is 1. The highest BCUT2D eigenvalue weighted by Gasteiger charge is 2.10. The van der Waals surface area contributed by atoms with Gasteiger partial charge in [-0.25, -0.2) is 9.37 Å². The lowest BCUT2D eigenvalue weighted by atomic mass is 10.2. The Morgan fingerprint density at radius 3 is 2.96 bits per heavy atom. The molecule has 2 heterocycles. The van der Waals surface area contributed by atoms with Crippen LogP contribution in [-0.2, 0) is 0 Å². The average Bonchev–Trinajstić information content (AvgIpc) is 3.11. The summed E-state index contributed by atoms with van der Waals surface area (Å²) in [6.45, 7) is -0.00273. The lowest BCUT2D eigenvalue weighted by Gasteiger charge is -2.12. The van der Waals surface area contributed by atoms with Gasteiger partial charge in [0.15, 0.2) is 11.6 Å². The maximum absolute atomic E-state index is 13.1. The molecule has 0 saturated heterocycles. The number of rotatable bonds is 6. The molecule has 11 heteroatoms. The van der Waals surface area contributed by atoms with E-state index in [2.05, 4.69) is 30.8 Å². The molecule has 10 nitrogen and oxygen atoms in total. The molecule has 2 aromatic heterocycles. The van der Waals surface area contributed by atoms with E-state index in [4.69, 9.17) is 15.6 Å². The van der Waals surface area contributed by atoms with Crippen LogP contribution in [0.3, 0.4) is 0 Å². The van der Waals surface area contributed by atoms with Crippen LogP contribution in [-0.4, -0.2) is 48.5 Å². The predicted octanol–water partition coefficient (Wildman–Crippen LogP) is 0.288. The average molecular weight is 332 g/mol. The van der Waals surface area contributed by atoms with Gasteiger partial charge in [-0.2, -0.15) is 9.67 Å². The molecule has 24 heavy (non-hydrogen) atoms. The molecule has 0 unspecified atom stereocenters. The van der Waals surface area contributed by atoms with Gasteiger partial charge >= 0.3 is 0 Å². The first-order valence-corrected chi connectivity index (χ1v) is 6.83. The summed E-state index contributed by atoms with van der Waals surface area (Å²) in [6, 6.07) is 5.05. The number of halogens is 1. The minimum absolute atomic E-state index is 0.125. The summed E-state index contributed by atoms with van der Waals surface area (Å²) in [4.78, 5) is 7.61. The van der Waals surface area contributed by atoms with Crippen molar-refractivity contribution in [2.24, 2.45) is 0 Å². The molecule has 3 aromatic rings. The summed E-state index contributed by atoms with van der Waals surface area (Å²) in [7, 11) is 0. The summed E-state index contributed by atoms with van der Waals surface area (Å²) in [5.74, 6) is -0.333. The topological polar surface area (TPSA) is 137 Å². The van der Waals surface area contributed by atoms with E-state index in [1.54, 1.807) is 18.2 Å². The normalized spacial score (nSPS) is 10.6. The van der Waals surface area contributed by atoms with Gasteiger partial charge in [0.2, 0.25) is 5.95 Å². The summed E-state index contributed by atoms with van der Waals surface area (Å²) in [5, 5.41) is 22.8. The van der Waals surface area contributed by atoms with Gasteiger partial charge in [0.05, 0.1) is 12.8 Å². The van der Waals surface area contributed by atoms with Crippen molar-refractivity contribution in [3.63, 3.8) is 0 Å². The molecule has 0 atom stereocenters. The monoisotopic (exact) mass is 332 g/mol. The Morgan fingerprint density at radius 1 is 1.38 bits per heavy atom. The van der Waals surface area contributed by atoms with E-state index in [9.17, 15) is 4.39 Å². The maximum Gasteiger partial charge on any atom is 0.229 e. The Kier molecular flexibility index (Phi) is 4.43. The van der Waals surface area contributed by atoms with Crippen molar-refractivity contribution >= 4 is 17.5 Å². The van der Waals surface area contributed by atoms with E-state index in [1.807, 2.05) is 0 Å². The van der Waals surface area contributed by atoms with Crippen molar-refractivity contribution in [3.8, 4) is 11.4 Å². The lowest BCUT2D eigenvalue weighted by Crippen LogP contribution is -2.07. The number of hydrogen-bond donors (Lipinski definition) is 3. The minimum atomic E-state index is -0.692. The van der Waals surface area contributed by atoms with E-state index in [0.717, 1.165) is 6.20 Å². The van der Waals surface area contributed by atoms with Crippen LogP contribution in [0.15, 0.2) is 30.7 Å². The van der Waals surface area contributed by atoms with E-state index in [-0.39, 0.29) is 25.0 Å². The molecule has 0 fully saturated rings. The summed E-state index contributed by atoms with van der Waals surface area (Å²) >= 11 is 0. The Bertz CT molecular complexity index is 827. The molecule has 0 aliphatic heterocycles. The first-order chi connectivity index (χ1) is 11.7. The van der Waals surface area contributed by atoms with Crippen LogP contribution in [0.25, 0.3) is 5.69 Å². The molecule has 3 rings (SSSR count). The summed E-state index contributed by atoms with van der Waals surface area (Å²) in [5.41, 5.74) is 6.54. The zero-order chi connectivity index (χ0) is 16.9. The molecule has 0 radical (unpaired) electrons. The number of aromatic nitrogens is 6. The Labute approximate surface area is 135 Å². The Morgan fingerprint density at radius 2 is 2.25 bits per heavy atom. The van der Waals surface area contributed by atoms with Crippen molar-refractivity contribution in [2.45, 2.75) is 0 Å². The van der Waals surface area contributed by atoms with E-state index in [1.165, 1.54) is 11.0 Å². The number of nitrogens with two attached hydrogens (primary N) is 1. The zero-order valence-electron chi connectivity index (χ0n) is 12.3. The highest BCUT2D eigenvalue weighted by Crippen LogP contribution is 2.27. The number of tetrazole rings is 1. The molecule has 0 saturated carbocycles. The van der Waals surface area contributed by atoms with Gasteiger partial charge in [-0.3, -0.25) is 0 Å². The number of hydrogen-bond acceptors (Lipinski definition) is 9. The van der Waals surface area contributed by atoms with Gasteiger partial charge in [-0.05, 0) is 28.6 Å². The van der Waals surface area contributed by atoms with Crippen LogP contribution in [0.4, 0.5) is 21.8 Å². The Balaban J connectivity index is 1.91. The summed E-state index contributed by atoms with van der Waals surface area (Å²) < 4.78 is 20.0. The van der Waals surface area contributed by atoms with E-state index < -0.39 is 5.82 Å². The zero-order valence-corrected chi connectivity index (χ0v) is 12.3. The van der Waals surface area contributed by atoms with Crippen LogP contribution in [0, 0.1) is 5.82 Å². The number of nitrogens with zero attached hydrogens (tertiary/aromatic N) is 6. The second-order valence-corrected chi connectivity index (χ2v) is 4.56. The fourth-order valence-corrected chi connectivity index (χ4v) is 1.89. The lowest BCUT2D eigenvalue weighted by molar-refractivity contribution is 0.201. The number of nitrogen functional groups attached to an aromatic ring is 1. The molecular weight excluding hydrogens is 319 g/mol. The predicted molar refractivity (Wildman–Crippen MR) is 81.4 cm³/mol. The summed E-state index contributed by atoms with van der Waals surface area (Å²) in [6.07, 6.45) is 2.38. The van der Waals surface area contributed by atoms with Gasteiger partial charge in [0, 0.05) is 5.69 Å². The van der Waals surface area contributed by atoms with Gasteiger partial charge < -0.3 is 20.9 Å². The number of aliphatic hydroxyl groups excluding tert-OH is 1. The van der Waals surface area contributed by atoms with Gasteiger partial charge in [-0.1, -0.05) is 0 Å². The number of ether oxygens (including phenoxy) is 1. The van der Waals surface area contributed by atoms with Crippen LogP contribution in [0.5, 0.6) is 5.75 Å². The third-order valence-electron chi connectivity index (χ3n) is 2.93. The second-order valence-electron chi connectivity index (χ2n) is 4.56. The molecule has 1 aromatic carbocycles. The van der Waals surface area contributed by atoms with Crippen molar-refractivity contribution < 1.29 is 14.2 Å². The maximum atomic E-state index is 13.1. The van der Waals surface area contributed by atoms with Crippen LogP contribution >= 0.6 is 0 Å². The number of anilines is 3. The van der Waals surface area contributed by atoms with E-state index >= 15 is 0 Å². The molecule has 0 aliphatic carbocycles. The first kappa shape index (κ1) is 15.6. The molecule has 0 bridgehead atoms. The third kappa shape index (κ3) is 3.35. The molecule has 0 amide bonds. The number of nitrogens with one attached hydrogen (secondary N) is 1. The third-order valence-corrected chi connectivity index (χ3v) is 2.93. The van der Waals surface area contributed by atoms with Crippen molar-refractivity contribution in [1.82, 2.24) is 30.2 Å². The largest absolute Gasteiger partial charge is 0.489 e. The smallest absolute Gasteiger partial charge is 0.229 e. The highest BCUT2D eigenvalue weighted by molar-refractivity contribution is 5.62. The van der Waals surface area contributed by atoms with Crippen LogP contribution in [0.1, 0.15) is 0 Å². The quantitative estimate of drug-likeness (QED) is 0.581. The SMILES string of the molecule is Nc1nc(Nc2ccc(OCCO)c(-n3cnnn3)c2)ncc1F. The van der Waals surface area contributed by atoms with Gasteiger partial charge in [-0.15, -0.1) is 5.10 Å². The van der Waals surface area contributed by atoms with Crippen molar-refractivity contribution in [3.05, 3.63) is 36.5 Å². The highest BCUT2D eigenvalue weighted by atomic mass is 19.1.